The van der Waals surface area contributed by atoms with Crippen molar-refractivity contribution in [2.75, 3.05) is 0 Å². The van der Waals surface area contributed by atoms with Gasteiger partial charge in [-0.3, -0.25) is 0 Å². The summed E-state index contributed by atoms with van der Waals surface area (Å²) < 4.78 is 207. The molecule has 17 heteroatoms. The molecule has 0 amide bonds. The molecule has 0 saturated heterocycles. The van der Waals surface area contributed by atoms with Crippen molar-refractivity contribution in [3.63, 3.8) is 0 Å². The predicted molar refractivity (Wildman–Crippen MR) is 286 cm³/mol. The molecule has 3 aliphatic carbocycles. The Hall–Kier alpha value is -6.13. The van der Waals surface area contributed by atoms with Crippen molar-refractivity contribution >= 4 is 0 Å². The number of halogens is 15. The molecule has 0 heterocycles. The van der Waals surface area contributed by atoms with E-state index in [9.17, 15) is 65.9 Å². The van der Waals surface area contributed by atoms with Crippen molar-refractivity contribution in [1.29, 1.82) is 0 Å². The molecule has 0 bridgehead atoms. The fourth-order valence-electron chi connectivity index (χ4n) is 10.4. The van der Waals surface area contributed by atoms with Crippen LogP contribution in [0.15, 0.2) is 91.0 Å². The topological polar surface area (TPSA) is 18.5 Å². The number of alkyl halides is 5. The van der Waals surface area contributed by atoms with Gasteiger partial charge in [0.25, 0.3) is 0 Å². The zero-order chi connectivity index (χ0) is 55.2. The average molecular weight is 1140 g/mol. The minimum absolute atomic E-state index is 0. The van der Waals surface area contributed by atoms with Gasteiger partial charge in [-0.15, -0.1) is 13.2 Å². The second kappa shape index (κ2) is 28.3. The van der Waals surface area contributed by atoms with Crippen LogP contribution in [0.3, 0.4) is 0 Å². The molecular formula is C62H73F15O2. The monoisotopic (exact) mass is 1130 g/mol. The SMILES string of the molecule is C.C.C.CC1CCC(c2ccc(-c3cc(F)c(F)c(F)c3)c(F)c2)CC1.CC1CCC(c2ccc(-c3cc(F)c(OC(F)(F)F)c(F)c3)c(F)c2)CC1.CC1CCC(c2ccc(-c3cc(F)c(OC(F)F)c(F)c3)c(F)c2)CC1.[HH].[HH].[HH]. The fourth-order valence-corrected chi connectivity index (χ4v) is 10.4. The summed E-state index contributed by atoms with van der Waals surface area (Å²) in [5, 5.41) is 0. The molecule has 6 aromatic rings. The normalized spacial score (nSPS) is 20.0. The number of rotatable bonds is 9. The van der Waals surface area contributed by atoms with Crippen LogP contribution in [0.4, 0.5) is 65.9 Å². The molecule has 0 spiro atoms. The van der Waals surface area contributed by atoms with Crippen LogP contribution in [0.1, 0.15) is 159 Å². The minimum atomic E-state index is -5.23. The van der Waals surface area contributed by atoms with Gasteiger partial charge in [0, 0.05) is 21.0 Å². The van der Waals surface area contributed by atoms with Crippen molar-refractivity contribution < 1.29 is 79.6 Å². The summed E-state index contributed by atoms with van der Waals surface area (Å²) >= 11 is 0. The summed E-state index contributed by atoms with van der Waals surface area (Å²) in [7, 11) is 0. The van der Waals surface area contributed by atoms with Gasteiger partial charge in [0.2, 0.25) is 5.75 Å². The van der Waals surface area contributed by atoms with Crippen LogP contribution < -0.4 is 9.47 Å². The molecule has 0 unspecified atom stereocenters. The van der Waals surface area contributed by atoms with Gasteiger partial charge in [-0.2, -0.15) is 8.78 Å². The maximum Gasteiger partial charge on any atom is 0.573 e. The number of hydrogen-bond donors (Lipinski definition) is 0. The first-order chi connectivity index (χ1) is 35.9. The molecule has 0 N–H and O–H groups in total. The largest absolute Gasteiger partial charge is 0.573 e. The van der Waals surface area contributed by atoms with Crippen LogP contribution in [-0.4, -0.2) is 13.0 Å². The Morgan fingerprint density at radius 3 is 0.899 bits per heavy atom. The lowest BCUT2D eigenvalue weighted by atomic mass is 9.79. The van der Waals surface area contributed by atoms with E-state index < -0.39 is 82.6 Å². The molecule has 438 valence electrons. The number of ether oxygens (including phenoxy) is 2. The third-order valence-corrected chi connectivity index (χ3v) is 14.8. The summed E-state index contributed by atoms with van der Waals surface area (Å²) in [5.41, 5.74) is 2.36. The van der Waals surface area contributed by atoms with Gasteiger partial charge in [0.15, 0.2) is 46.5 Å². The van der Waals surface area contributed by atoms with E-state index in [-0.39, 0.29) is 71.8 Å². The molecule has 79 heavy (non-hydrogen) atoms. The van der Waals surface area contributed by atoms with Crippen molar-refractivity contribution in [3.05, 3.63) is 166 Å². The van der Waals surface area contributed by atoms with Crippen LogP contribution in [0.5, 0.6) is 11.5 Å². The lowest BCUT2D eigenvalue weighted by molar-refractivity contribution is -0.276. The smallest absolute Gasteiger partial charge is 0.429 e. The second-order valence-electron chi connectivity index (χ2n) is 20.3. The van der Waals surface area contributed by atoms with Gasteiger partial charge in [-0.05, 0) is 162 Å². The van der Waals surface area contributed by atoms with E-state index in [4.69, 9.17) is 0 Å². The zero-order valence-electron chi connectivity index (χ0n) is 41.7. The van der Waals surface area contributed by atoms with Crippen LogP contribution in [0.25, 0.3) is 33.4 Å². The molecule has 9 rings (SSSR count). The molecule has 0 atom stereocenters. The molecule has 0 aliphatic heterocycles. The molecule has 0 aromatic heterocycles. The molecule has 6 aromatic carbocycles. The quantitative estimate of drug-likeness (QED) is 0.106. The van der Waals surface area contributed by atoms with Crippen molar-refractivity contribution in [2.45, 2.75) is 151 Å². The average Bonchev–Trinajstić information content (AvgIpc) is 3.36. The van der Waals surface area contributed by atoms with Gasteiger partial charge in [-0.25, -0.2) is 43.9 Å². The lowest BCUT2D eigenvalue weighted by Crippen LogP contribution is -2.19. The Morgan fingerprint density at radius 1 is 0.380 bits per heavy atom. The summed E-state index contributed by atoms with van der Waals surface area (Å²) in [5.74, 6) is -11.5. The fraction of sp³-hybridized carbons (Fsp3) is 0.419. The van der Waals surface area contributed by atoms with Crippen LogP contribution in [0.2, 0.25) is 0 Å². The number of hydrogen-bond acceptors (Lipinski definition) is 2. The molecule has 2 nitrogen and oxygen atoms in total. The summed E-state index contributed by atoms with van der Waals surface area (Å²) in [6.45, 7) is 3.25. The van der Waals surface area contributed by atoms with Crippen molar-refractivity contribution in [3.8, 4) is 44.9 Å². The minimum Gasteiger partial charge on any atom is -0.429 e. The summed E-state index contributed by atoms with van der Waals surface area (Å²) in [6.07, 6.45) is 7.27. The Bertz CT molecular complexity index is 2900. The maximum absolute atomic E-state index is 14.5. The highest BCUT2D eigenvalue weighted by Crippen LogP contribution is 2.41. The van der Waals surface area contributed by atoms with Crippen LogP contribution in [-0.2, 0) is 0 Å². The van der Waals surface area contributed by atoms with E-state index in [1.165, 1.54) is 36.4 Å². The van der Waals surface area contributed by atoms with E-state index in [1.807, 2.05) is 0 Å². The van der Waals surface area contributed by atoms with Gasteiger partial charge >= 0.3 is 13.0 Å². The van der Waals surface area contributed by atoms with E-state index in [2.05, 4.69) is 30.2 Å². The van der Waals surface area contributed by atoms with E-state index in [0.717, 1.165) is 118 Å². The Balaban J connectivity index is 0.000000595. The molecular weight excluding hydrogens is 1060 g/mol. The standard InChI is InChI=1S/C20H18F6O.C20H19F5O.C19H18F4.3CH4.3H2/c1-11-2-4-12(5-3-11)13-6-7-15(16(21)8-13)14-9-17(22)19(18(23)10-14)27-20(24,25)26;1-11-2-4-12(5-3-11)13-6-7-15(16(21)8-13)14-9-17(22)19(18(23)10-14)26-20(24)25;1-11-2-4-12(5-3-11)13-6-7-15(16(20)8-13)14-9-17(21)19(23)18(22)10-14;;;;;;/h6-12H,2-5H2,1H3;6-12,20H,2-5H2,1H3;6-12H,2-5H2,1H3;3*1H4;3*1H. The second-order valence-corrected chi connectivity index (χ2v) is 20.3. The van der Waals surface area contributed by atoms with Gasteiger partial charge in [-0.1, -0.05) is 118 Å². The molecule has 3 aliphatic rings. The Morgan fingerprint density at radius 2 is 0.646 bits per heavy atom. The van der Waals surface area contributed by atoms with Gasteiger partial charge < -0.3 is 9.47 Å². The van der Waals surface area contributed by atoms with Crippen LogP contribution in [0, 0.1) is 75.9 Å². The highest BCUT2D eigenvalue weighted by atomic mass is 19.4. The van der Waals surface area contributed by atoms with Gasteiger partial charge in [0.1, 0.15) is 17.5 Å². The molecule has 3 saturated carbocycles. The first-order valence-electron chi connectivity index (χ1n) is 25.2. The predicted octanol–water partition coefficient (Wildman–Crippen LogP) is 22.5. The third kappa shape index (κ3) is 17.0. The lowest BCUT2D eigenvalue weighted by Gasteiger charge is -2.26. The summed E-state index contributed by atoms with van der Waals surface area (Å²) in [4.78, 5) is 0. The van der Waals surface area contributed by atoms with Crippen LogP contribution >= 0.6 is 0 Å². The highest BCUT2D eigenvalue weighted by Gasteiger charge is 2.34. The third-order valence-electron chi connectivity index (χ3n) is 14.8. The van der Waals surface area contributed by atoms with E-state index in [1.54, 1.807) is 18.2 Å². The van der Waals surface area contributed by atoms with E-state index in [0.29, 0.717) is 35.8 Å². The highest BCUT2D eigenvalue weighted by molar-refractivity contribution is 5.68. The number of benzene rings is 6. The first-order valence-corrected chi connectivity index (χ1v) is 25.2. The first kappa shape index (κ1) is 65.4. The van der Waals surface area contributed by atoms with Crippen molar-refractivity contribution in [1.82, 2.24) is 0 Å². The van der Waals surface area contributed by atoms with E-state index >= 15 is 0 Å². The summed E-state index contributed by atoms with van der Waals surface area (Å²) in [6, 6.07) is 18.3. The maximum atomic E-state index is 14.5. The van der Waals surface area contributed by atoms with Gasteiger partial charge in [0.05, 0.1) is 0 Å². The zero-order valence-corrected chi connectivity index (χ0v) is 41.7. The Labute approximate surface area is 457 Å². The Kier molecular flexibility index (Phi) is 23.5. The van der Waals surface area contributed by atoms with Crippen molar-refractivity contribution in [2.24, 2.45) is 17.8 Å². The molecule has 3 fully saturated rings. The molecule has 0 radical (unpaired) electrons.